The maximum absolute atomic E-state index is 6.09. The Kier molecular flexibility index (Phi) is 5.53. The first-order valence-electron chi connectivity index (χ1n) is 7.47. The zero-order chi connectivity index (χ0) is 14.4. The van der Waals surface area contributed by atoms with Crippen molar-refractivity contribution in [1.29, 1.82) is 0 Å². The SMILES string of the molecule is CCOc1cc(CC2C[CH]CCN2)cc(OCC)c1N. The molecule has 1 aliphatic heterocycles. The summed E-state index contributed by atoms with van der Waals surface area (Å²) in [6.45, 7) is 6.20. The highest BCUT2D eigenvalue weighted by atomic mass is 16.5. The van der Waals surface area contributed by atoms with Gasteiger partial charge in [0.15, 0.2) is 0 Å². The quantitative estimate of drug-likeness (QED) is 0.785. The van der Waals surface area contributed by atoms with Crippen molar-refractivity contribution in [2.45, 2.75) is 39.2 Å². The predicted octanol–water partition coefficient (Wildman–Crippen LogP) is 2.56. The van der Waals surface area contributed by atoms with Crippen LogP contribution in [0.15, 0.2) is 12.1 Å². The Balaban J connectivity index is 2.17. The minimum absolute atomic E-state index is 0.497. The molecule has 20 heavy (non-hydrogen) atoms. The van der Waals surface area contributed by atoms with Crippen molar-refractivity contribution < 1.29 is 9.47 Å². The molecule has 1 heterocycles. The maximum Gasteiger partial charge on any atom is 0.146 e. The summed E-state index contributed by atoms with van der Waals surface area (Å²) in [6.07, 6.45) is 5.59. The van der Waals surface area contributed by atoms with E-state index in [0.29, 0.717) is 24.9 Å². The highest BCUT2D eigenvalue weighted by Crippen LogP contribution is 2.34. The van der Waals surface area contributed by atoms with Gasteiger partial charge in [-0.2, -0.15) is 0 Å². The van der Waals surface area contributed by atoms with Gasteiger partial charge in [0.25, 0.3) is 0 Å². The molecule has 4 nitrogen and oxygen atoms in total. The maximum atomic E-state index is 6.09. The number of nitrogens with two attached hydrogens (primary N) is 1. The number of benzene rings is 1. The second kappa shape index (κ2) is 7.39. The zero-order valence-electron chi connectivity index (χ0n) is 12.4. The van der Waals surface area contributed by atoms with Crippen molar-refractivity contribution in [3.05, 3.63) is 24.1 Å². The first kappa shape index (κ1) is 15.0. The summed E-state index contributed by atoms with van der Waals surface area (Å²) >= 11 is 0. The van der Waals surface area contributed by atoms with Crippen LogP contribution in [0.3, 0.4) is 0 Å². The van der Waals surface area contributed by atoms with Crippen molar-refractivity contribution >= 4 is 5.69 Å². The molecule has 1 fully saturated rings. The fourth-order valence-electron chi connectivity index (χ4n) is 2.55. The van der Waals surface area contributed by atoms with E-state index < -0.39 is 0 Å². The third-order valence-electron chi connectivity index (χ3n) is 3.48. The van der Waals surface area contributed by atoms with Gasteiger partial charge < -0.3 is 20.5 Å². The topological polar surface area (TPSA) is 56.5 Å². The number of nitrogens with one attached hydrogen (secondary N) is 1. The lowest BCUT2D eigenvalue weighted by atomic mass is 9.97. The van der Waals surface area contributed by atoms with Crippen molar-refractivity contribution in [2.75, 3.05) is 25.5 Å². The van der Waals surface area contributed by atoms with E-state index in [4.69, 9.17) is 15.2 Å². The van der Waals surface area contributed by atoms with E-state index in [0.717, 1.165) is 37.3 Å². The Labute approximate surface area is 121 Å². The molecule has 0 aliphatic carbocycles. The Bertz CT molecular complexity index is 401. The molecular weight excluding hydrogens is 252 g/mol. The lowest BCUT2D eigenvalue weighted by Crippen LogP contribution is -2.35. The molecule has 1 aromatic carbocycles. The predicted molar refractivity (Wildman–Crippen MR) is 82.2 cm³/mol. The number of nitrogen functional groups attached to an aromatic ring is 1. The fraction of sp³-hybridized carbons (Fsp3) is 0.562. The van der Waals surface area contributed by atoms with Crippen LogP contribution in [0.4, 0.5) is 5.69 Å². The van der Waals surface area contributed by atoms with Crippen molar-refractivity contribution in [1.82, 2.24) is 5.32 Å². The van der Waals surface area contributed by atoms with Gasteiger partial charge in [-0.1, -0.05) is 0 Å². The fourth-order valence-corrected chi connectivity index (χ4v) is 2.55. The van der Waals surface area contributed by atoms with Crippen LogP contribution in [0.2, 0.25) is 0 Å². The highest BCUT2D eigenvalue weighted by Gasteiger charge is 2.16. The number of piperidine rings is 1. The summed E-state index contributed by atoms with van der Waals surface area (Å²) in [6, 6.07) is 4.58. The summed E-state index contributed by atoms with van der Waals surface area (Å²) in [5.74, 6) is 1.46. The van der Waals surface area contributed by atoms with E-state index in [1.807, 2.05) is 26.0 Å². The van der Waals surface area contributed by atoms with E-state index in [1.54, 1.807) is 0 Å². The van der Waals surface area contributed by atoms with Crippen molar-refractivity contribution in [2.24, 2.45) is 0 Å². The second-order valence-corrected chi connectivity index (χ2v) is 5.04. The third-order valence-corrected chi connectivity index (χ3v) is 3.48. The molecule has 1 radical (unpaired) electrons. The number of anilines is 1. The standard InChI is InChI=1S/C16H25N2O2/c1-3-19-14-10-12(9-13-7-5-6-8-18-13)11-15(16(14)17)20-4-2/h5,10-11,13,18H,3-4,6-9,17H2,1-2H3. The minimum atomic E-state index is 0.497. The summed E-state index contributed by atoms with van der Waals surface area (Å²) in [5, 5.41) is 3.54. The van der Waals surface area contributed by atoms with Gasteiger partial charge in [0, 0.05) is 6.04 Å². The van der Waals surface area contributed by atoms with Gasteiger partial charge in [0.2, 0.25) is 0 Å². The number of hydrogen-bond acceptors (Lipinski definition) is 4. The summed E-state index contributed by atoms with van der Waals surface area (Å²) in [7, 11) is 0. The van der Waals surface area contributed by atoms with Gasteiger partial charge >= 0.3 is 0 Å². The molecule has 2 rings (SSSR count). The smallest absolute Gasteiger partial charge is 0.146 e. The van der Waals surface area contributed by atoms with Crippen LogP contribution in [-0.4, -0.2) is 25.8 Å². The van der Waals surface area contributed by atoms with Crippen LogP contribution < -0.4 is 20.5 Å². The van der Waals surface area contributed by atoms with Crippen LogP contribution in [0.25, 0.3) is 0 Å². The molecule has 0 saturated carbocycles. The Hall–Kier alpha value is -1.42. The number of rotatable bonds is 6. The molecule has 0 aromatic heterocycles. The van der Waals surface area contributed by atoms with Crippen LogP contribution in [0.5, 0.6) is 11.5 Å². The summed E-state index contributed by atoms with van der Waals surface area (Å²) < 4.78 is 11.2. The van der Waals surface area contributed by atoms with E-state index in [9.17, 15) is 0 Å². The molecule has 1 unspecified atom stereocenters. The van der Waals surface area contributed by atoms with E-state index in [2.05, 4.69) is 11.7 Å². The number of hydrogen-bond donors (Lipinski definition) is 2. The monoisotopic (exact) mass is 277 g/mol. The first-order chi connectivity index (χ1) is 9.74. The van der Waals surface area contributed by atoms with Crippen LogP contribution in [-0.2, 0) is 6.42 Å². The Morgan fingerprint density at radius 1 is 1.20 bits per heavy atom. The lowest BCUT2D eigenvalue weighted by Gasteiger charge is -2.24. The van der Waals surface area contributed by atoms with Crippen LogP contribution in [0.1, 0.15) is 32.3 Å². The average Bonchev–Trinajstić information content (AvgIpc) is 2.45. The van der Waals surface area contributed by atoms with Crippen molar-refractivity contribution in [3.8, 4) is 11.5 Å². The number of ether oxygens (including phenoxy) is 2. The Morgan fingerprint density at radius 2 is 1.85 bits per heavy atom. The normalized spacial score (nSPS) is 18.8. The van der Waals surface area contributed by atoms with Gasteiger partial charge in [-0.3, -0.25) is 0 Å². The third kappa shape index (κ3) is 3.79. The molecule has 1 atom stereocenters. The second-order valence-electron chi connectivity index (χ2n) is 5.04. The summed E-state index contributed by atoms with van der Waals surface area (Å²) in [5.41, 5.74) is 7.89. The van der Waals surface area contributed by atoms with Gasteiger partial charge in [-0.05, 0) is 63.8 Å². The molecule has 0 spiro atoms. The molecule has 0 amide bonds. The first-order valence-corrected chi connectivity index (χ1v) is 7.47. The van der Waals surface area contributed by atoms with E-state index >= 15 is 0 Å². The van der Waals surface area contributed by atoms with Gasteiger partial charge in [0.05, 0.1) is 13.2 Å². The van der Waals surface area contributed by atoms with Crippen LogP contribution in [0, 0.1) is 6.42 Å². The molecule has 1 aromatic rings. The zero-order valence-corrected chi connectivity index (χ0v) is 12.4. The largest absolute Gasteiger partial charge is 0.492 e. The molecule has 0 bridgehead atoms. The molecule has 1 aliphatic rings. The van der Waals surface area contributed by atoms with Gasteiger partial charge in [0.1, 0.15) is 17.2 Å². The molecule has 111 valence electrons. The molecule has 3 N–H and O–H groups in total. The van der Waals surface area contributed by atoms with Crippen LogP contribution >= 0.6 is 0 Å². The molecule has 1 saturated heterocycles. The van der Waals surface area contributed by atoms with Gasteiger partial charge in [-0.25, -0.2) is 0 Å². The lowest BCUT2D eigenvalue weighted by molar-refractivity contribution is 0.325. The highest BCUT2D eigenvalue weighted by molar-refractivity contribution is 5.64. The van der Waals surface area contributed by atoms with Gasteiger partial charge in [-0.15, -0.1) is 0 Å². The minimum Gasteiger partial charge on any atom is -0.492 e. The van der Waals surface area contributed by atoms with E-state index in [1.165, 1.54) is 5.56 Å². The summed E-state index contributed by atoms with van der Waals surface area (Å²) in [4.78, 5) is 0. The average molecular weight is 277 g/mol. The van der Waals surface area contributed by atoms with E-state index in [-0.39, 0.29) is 0 Å². The van der Waals surface area contributed by atoms with Crippen molar-refractivity contribution in [3.63, 3.8) is 0 Å². The Morgan fingerprint density at radius 3 is 2.35 bits per heavy atom. The molecular formula is C16H25N2O2. The molecule has 4 heteroatoms.